The van der Waals surface area contributed by atoms with E-state index in [9.17, 15) is 4.79 Å². The third-order valence-electron chi connectivity index (χ3n) is 4.15. The molecule has 150 valence electrons. The minimum Gasteiger partial charge on any atom is -0.493 e. The first kappa shape index (κ1) is 20.9. The van der Waals surface area contributed by atoms with Crippen LogP contribution < -0.4 is 14.9 Å². The van der Waals surface area contributed by atoms with Crippen LogP contribution in [0.1, 0.15) is 27.0 Å². The molecule has 0 spiro atoms. The molecule has 0 unspecified atom stereocenters. The normalized spacial score (nSPS) is 10.4. The first-order chi connectivity index (χ1) is 14.6. The second-order valence-corrected chi connectivity index (χ2v) is 6.65. The van der Waals surface area contributed by atoms with E-state index in [1.807, 2.05) is 30.3 Å². The third kappa shape index (κ3) is 5.60. The maximum Gasteiger partial charge on any atom is 0.271 e. The monoisotopic (exact) mass is 419 g/mol. The van der Waals surface area contributed by atoms with Crippen molar-refractivity contribution >= 4 is 23.7 Å². The number of amides is 1. The molecule has 0 radical (unpaired) electrons. The maximum absolute atomic E-state index is 12.1. The summed E-state index contributed by atoms with van der Waals surface area (Å²) >= 11 is 5.89. The molecule has 30 heavy (non-hydrogen) atoms. The van der Waals surface area contributed by atoms with E-state index in [1.54, 1.807) is 49.6 Å². The molecule has 0 saturated heterocycles. The fraction of sp³-hybridized carbons (Fsp3) is 0.0870. The predicted octanol–water partition coefficient (Wildman–Crippen LogP) is 4.56. The van der Waals surface area contributed by atoms with Gasteiger partial charge in [0.05, 0.1) is 25.0 Å². The Labute approximate surface area is 179 Å². The van der Waals surface area contributed by atoms with E-state index in [0.717, 1.165) is 11.1 Å². The number of nitrogens with zero attached hydrogens (tertiary/aromatic N) is 2. The molecule has 0 aliphatic rings. The van der Waals surface area contributed by atoms with Gasteiger partial charge in [-0.3, -0.25) is 4.79 Å². The van der Waals surface area contributed by atoms with Crippen molar-refractivity contribution in [3.05, 3.63) is 94.0 Å². The van der Waals surface area contributed by atoms with Gasteiger partial charge in [-0.25, -0.2) is 5.43 Å². The Balaban J connectivity index is 1.61. The number of hydrazone groups is 1. The number of ether oxygens (including phenoxy) is 2. The Morgan fingerprint density at radius 1 is 1.10 bits per heavy atom. The standard InChI is InChI=1S/C23H18ClN3O3/c1-29-22-12-18(6-11-21(22)30-15-17-4-9-20(24)10-5-17)14-26-27-23(28)19-7-2-16(13-25)3-8-19/h2-12,14H,15H2,1H3,(H,27,28)/b26-14-. The van der Waals surface area contributed by atoms with Gasteiger partial charge < -0.3 is 9.47 Å². The van der Waals surface area contributed by atoms with Crippen molar-refractivity contribution in [3.8, 4) is 17.6 Å². The smallest absolute Gasteiger partial charge is 0.271 e. The minimum absolute atomic E-state index is 0.370. The second kappa shape index (κ2) is 10.1. The van der Waals surface area contributed by atoms with Gasteiger partial charge in [0.1, 0.15) is 6.61 Å². The molecule has 0 saturated carbocycles. The average Bonchev–Trinajstić information content (AvgIpc) is 2.79. The highest BCUT2D eigenvalue weighted by Gasteiger charge is 2.07. The average molecular weight is 420 g/mol. The molecule has 1 N–H and O–H groups in total. The van der Waals surface area contributed by atoms with Crippen molar-refractivity contribution in [3.63, 3.8) is 0 Å². The summed E-state index contributed by atoms with van der Waals surface area (Å²) in [6, 6.07) is 21.0. The quantitative estimate of drug-likeness (QED) is 0.449. The summed E-state index contributed by atoms with van der Waals surface area (Å²) in [5, 5.41) is 13.4. The number of rotatable bonds is 7. The molecule has 3 aromatic carbocycles. The third-order valence-corrected chi connectivity index (χ3v) is 4.40. The summed E-state index contributed by atoms with van der Waals surface area (Å²) in [4.78, 5) is 12.1. The first-order valence-electron chi connectivity index (χ1n) is 8.98. The highest BCUT2D eigenvalue weighted by Crippen LogP contribution is 2.28. The lowest BCUT2D eigenvalue weighted by molar-refractivity contribution is 0.0955. The number of hydrogen-bond donors (Lipinski definition) is 1. The summed E-state index contributed by atoms with van der Waals surface area (Å²) < 4.78 is 11.2. The molecular weight excluding hydrogens is 402 g/mol. The zero-order valence-corrected chi connectivity index (χ0v) is 16.9. The number of nitriles is 1. The van der Waals surface area contributed by atoms with Crippen LogP contribution in [-0.4, -0.2) is 19.2 Å². The Kier molecular flexibility index (Phi) is 7.04. The van der Waals surface area contributed by atoms with Crippen LogP contribution in [-0.2, 0) is 6.61 Å². The zero-order chi connectivity index (χ0) is 21.3. The van der Waals surface area contributed by atoms with Gasteiger partial charge in [-0.2, -0.15) is 10.4 Å². The Bertz CT molecular complexity index is 1090. The largest absolute Gasteiger partial charge is 0.493 e. The molecule has 0 aliphatic heterocycles. The predicted molar refractivity (Wildman–Crippen MR) is 115 cm³/mol. The Morgan fingerprint density at radius 2 is 1.83 bits per heavy atom. The number of carbonyl (C=O) groups is 1. The van der Waals surface area contributed by atoms with Gasteiger partial charge in [-0.1, -0.05) is 23.7 Å². The van der Waals surface area contributed by atoms with Gasteiger partial charge in [0.2, 0.25) is 0 Å². The van der Waals surface area contributed by atoms with Crippen LogP contribution in [0.2, 0.25) is 5.02 Å². The van der Waals surface area contributed by atoms with E-state index in [2.05, 4.69) is 10.5 Å². The SMILES string of the molecule is COc1cc(/C=N\NC(=O)c2ccc(C#N)cc2)ccc1OCc1ccc(Cl)cc1. The molecule has 0 heterocycles. The molecule has 3 rings (SSSR count). The van der Waals surface area contributed by atoms with Crippen LogP contribution in [0.25, 0.3) is 0 Å². The Morgan fingerprint density at radius 3 is 2.50 bits per heavy atom. The second-order valence-electron chi connectivity index (χ2n) is 6.21. The Hall–Kier alpha value is -3.82. The lowest BCUT2D eigenvalue weighted by Gasteiger charge is -2.11. The lowest BCUT2D eigenvalue weighted by Crippen LogP contribution is -2.17. The van der Waals surface area contributed by atoms with E-state index in [-0.39, 0.29) is 5.91 Å². The van der Waals surface area contributed by atoms with Gasteiger partial charge >= 0.3 is 0 Å². The van der Waals surface area contributed by atoms with Gasteiger partial charge in [0.15, 0.2) is 11.5 Å². The van der Waals surface area contributed by atoms with Crippen molar-refractivity contribution in [2.45, 2.75) is 6.61 Å². The van der Waals surface area contributed by atoms with Gasteiger partial charge in [0.25, 0.3) is 5.91 Å². The van der Waals surface area contributed by atoms with E-state index in [0.29, 0.717) is 34.3 Å². The first-order valence-corrected chi connectivity index (χ1v) is 9.35. The zero-order valence-electron chi connectivity index (χ0n) is 16.1. The number of nitrogens with one attached hydrogen (secondary N) is 1. The van der Waals surface area contributed by atoms with Crippen LogP contribution in [0.15, 0.2) is 71.8 Å². The van der Waals surface area contributed by atoms with Gasteiger partial charge in [0, 0.05) is 10.6 Å². The molecule has 0 fully saturated rings. The molecule has 0 bridgehead atoms. The van der Waals surface area contributed by atoms with Crippen molar-refractivity contribution in [2.24, 2.45) is 5.10 Å². The lowest BCUT2D eigenvalue weighted by atomic mass is 10.1. The van der Waals surface area contributed by atoms with Crippen LogP contribution in [0.4, 0.5) is 0 Å². The fourth-order valence-corrected chi connectivity index (χ4v) is 2.68. The molecule has 0 aliphatic carbocycles. The molecule has 7 heteroatoms. The van der Waals surface area contributed by atoms with Crippen molar-refractivity contribution in [1.82, 2.24) is 5.43 Å². The number of halogens is 1. The topological polar surface area (TPSA) is 83.7 Å². The molecule has 0 aromatic heterocycles. The molecule has 6 nitrogen and oxygen atoms in total. The van der Waals surface area contributed by atoms with Crippen molar-refractivity contribution < 1.29 is 14.3 Å². The summed E-state index contributed by atoms with van der Waals surface area (Å²) in [5.74, 6) is 0.767. The number of benzene rings is 3. The van der Waals surface area contributed by atoms with Crippen molar-refractivity contribution in [2.75, 3.05) is 7.11 Å². The number of carbonyl (C=O) groups excluding carboxylic acids is 1. The summed E-state index contributed by atoms with van der Waals surface area (Å²) in [6.07, 6.45) is 1.51. The van der Waals surface area contributed by atoms with Crippen LogP contribution in [0.5, 0.6) is 11.5 Å². The van der Waals surface area contributed by atoms with E-state index >= 15 is 0 Å². The molecule has 3 aromatic rings. The van der Waals surface area contributed by atoms with E-state index in [4.69, 9.17) is 26.3 Å². The summed E-state index contributed by atoms with van der Waals surface area (Å²) in [6.45, 7) is 0.377. The van der Waals surface area contributed by atoms with Crippen molar-refractivity contribution in [1.29, 1.82) is 5.26 Å². The minimum atomic E-state index is -0.370. The van der Waals surface area contributed by atoms with Crippen LogP contribution in [0, 0.1) is 11.3 Å². The van der Waals surface area contributed by atoms with E-state index < -0.39 is 0 Å². The van der Waals surface area contributed by atoms with Gasteiger partial charge in [-0.05, 0) is 65.7 Å². The summed E-state index contributed by atoms with van der Waals surface area (Å²) in [7, 11) is 1.55. The summed E-state index contributed by atoms with van der Waals surface area (Å²) in [5.41, 5.74) is 5.06. The van der Waals surface area contributed by atoms with Gasteiger partial charge in [-0.15, -0.1) is 0 Å². The fourth-order valence-electron chi connectivity index (χ4n) is 2.55. The van der Waals surface area contributed by atoms with Crippen LogP contribution in [0.3, 0.4) is 0 Å². The number of hydrogen-bond acceptors (Lipinski definition) is 5. The maximum atomic E-state index is 12.1. The highest BCUT2D eigenvalue weighted by molar-refractivity contribution is 6.30. The van der Waals surface area contributed by atoms with Crippen LogP contribution >= 0.6 is 11.6 Å². The molecule has 0 atom stereocenters. The van der Waals surface area contributed by atoms with E-state index in [1.165, 1.54) is 6.21 Å². The molecule has 1 amide bonds. The number of methoxy groups -OCH3 is 1. The molecular formula is C23H18ClN3O3. The highest BCUT2D eigenvalue weighted by atomic mass is 35.5.